The van der Waals surface area contributed by atoms with Gasteiger partial charge in [-0.3, -0.25) is 4.98 Å². The first-order valence-electron chi connectivity index (χ1n) is 8.14. The van der Waals surface area contributed by atoms with E-state index in [4.69, 9.17) is 0 Å². The zero-order valence-electron chi connectivity index (χ0n) is 14.2. The van der Waals surface area contributed by atoms with E-state index in [1.165, 1.54) is 12.1 Å². The fraction of sp³-hybridized carbons (Fsp3) is 0.0526. The summed E-state index contributed by atoms with van der Waals surface area (Å²) in [6, 6.07) is 11.9. The predicted molar refractivity (Wildman–Crippen MR) is 105 cm³/mol. The van der Waals surface area contributed by atoms with Gasteiger partial charge in [0.25, 0.3) is 0 Å². The third kappa shape index (κ3) is 4.04. The van der Waals surface area contributed by atoms with E-state index in [9.17, 15) is 8.78 Å². The summed E-state index contributed by atoms with van der Waals surface area (Å²) >= 11 is 3.45. The Morgan fingerprint density at radius 3 is 2.71 bits per heavy atom. The molecule has 4 rings (SSSR count). The molecule has 2 heterocycles. The van der Waals surface area contributed by atoms with Gasteiger partial charge in [-0.15, -0.1) is 0 Å². The van der Waals surface area contributed by atoms with Crippen molar-refractivity contribution in [1.82, 2.24) is 19.9 Å². The lowest BCUT2D eigenvalue weighted by atomic mass is 10.2. The molecule has 1 N–H and O–H groups in total. The van der Waals surface area contributed by atoms with Crippen LogP contribution in [0.25, 0.3) is 22.4 Å². The maximum absolute atomic E-state index is 12.5. The van der Waals surface area contributed by atoms with Crippen LogP contribution in [-0.2, 0) is 0 Å². The Morgan fingerprint density at radius 2 is 1.93 bits per heavy atom. The lowest BCUT2D eigenvalue weighted by Crippen LogP contribution is -2.03. The van der Waals surface area contributed by atoms with Crippen LogP contribution >= 0.6 is 15.9 Å². The van der Waals surface area contributed by atoms with Gasteiger partial charge in [0.2, 0.25) is 0 Å². The van der Waals surface area contributed by atoms with Crippen molar-refractivity contribution < 1.29 is 13.5 Å². The van der Waals surface area contributed by atoms with Crippen molar-refractivity contribution >= 4 is 38.3 Å². The minimum Gasteiger partial charge on any atom is -0.435 e. The van der Waals surface area contributed by atoms with Crippen LogP contribution in [0.3, 0.4) is 0 Å². The average Bonchev–Trinajstić information content (AvgIpc) is 2.69. The highest BCUT2D eigenvalue weighted by Crippen LogP contribution is 2.30. The normalized spacial score (nSPS) is 11.0. The largest absolute Gasteiger partial charge is 0.435 e. The molecule has 0 amide bonds. The van der Waals surface area contributed by atoms with Crippen LogP contribution in [0.1, 0.15) is 0 Å². The summed E-state index contributed by atoms with van der Waals surface area (Å²) in [4.78, 5) is 17.4. The highest BCUT2D eigenvalue weighted by atomic mass is 79.9. The summed E-state index contributed by atoms with van der Waals surface area (Å²) in [5.74, 6) is 0.945. The smallest absolute Gasteiger partial charge is 0.387 e. The van der Waals surface area contributed by atoms with Crippen LogP contribution in [0.5, 0.6) is 5.75 Å². The molecule has 28 heavy (non-hydrogen) atoms. The standard InChI is InChI=1S/C19H12BrF2N5O/c20-11-4-5-15-14(8-11)17(27-18(26-15)16-10-23-6-7-24-16)25-12-2-1-3-13(9-12)28-19(21)22/h1-10,19H,(H,25,26,27). The molecule has 6 nitrogen and oxygen atoms in total. The SMILES string of the molecule is FC(F)Oc1cccc(Nc2nc(-c3cnccn3)nc3ccc(Br)cc23)c1. The van der Waals surface area contributed by atoms with Crippen molar-refractivity contribution in [2.45, 2.75) is 6.61 Å². The summed E-state index contributed by atoms with van der Waals surface area (Å²) in [7, 11) is 0. The molecule has 4 aromatic rings. The first-order valence-corrected chi connectivity index (χ1v) is 8.93. The molecule has 2 aromatic carbocycles. The fourth-order valence-electron chi connectivity index (χ4n) is 2.61. The Labute approximate surface area is 166 Å². The van der Waals surface area contributed by atoms with E-state index in [0.29, 0.717) is 28.5 Å². The lowest BCUT2D eigenvalue weighted by Gasteiger charge is -2.12. The van der Waals surface area contributed by atoms with Gasteiger partial charge in [0.1, 0.15) is 17.3 Å². The third-order valence-corrected chi connectivity index (χ3v) is 4.27. The zero-order chi connectivity index (χ0) is 19.5. The molecule has 0 spiro atoms. The Hall–Kier alpha value is -3.20. The first kappa shape index (κ1) is 18.2. The first-order chi connectivity index (χ1) is 13.6. The molecule has 0 bridgehead atoms. The Kier molecular flexibility index (Phi) is 5.07. The number of aromatic nitrogens is 4. The maximum Gasteiger partial charge on any atom is 0.387 e. The Bertz CT molecular complexity index is 1130. The van der Waals surface area contributed by atoms with Crippen LogP contribution < -0.4 is 10.1 Å². The molecule has 9 heteroatoms. The summed E-state index contributed by atoms with van der Waals surface area (Å²) in [5, 5.41) is 3.90. The second-order valence-electron chi connectivity index (χ2n) is 5.68. The van der Waals surface area contributed by atoms with Crippen LogP contribution in [-0.4, -0.2) is 26.5 Å². The summed E-state index contributed by atoms with van der Waals surface area (Å²) in [6.07, 6.45) is 4.69. The second-order valence-corrected chi connectivity index (χ2v) is 6.59. The number of nitrogens with zero attached hydrogens (tertiary/aromatic N) is 4. The van der Waals surface area contributed by atoms with Gasteiger partial charge in [0, 0.05) is 34.0 Å². The average molecular weight is 444 g/mol. The number of hydrogen-bond acceptors (Lipinski definition) is 6. The summed E-state index contributed by atoms with van der Waals surface area (Å²) < 4.78 is 30.3. The van der Waals surface area contributed by atoms with E-state index in [0.717, 1.165) is 9.86 Å². The van der Waals surface area contributed by atoms with E-state index in [2.05, 4.69) is 45.9 Å². The van der Waals surface area contributed by atoms with Crippen LogP contribution in [0.2, 0.25) is 0 Å². The molecule has 0 saturated carbocycles. The molecule has 0 saturated heterocycles. The number of benzene rings is 2. The van der Waals surface area contributed by atoms with Crippen molar-refractivity contribution in [2.24, 2.45) is 0 Å². The molecule has 0 atom stereocenters. The molecule has 0 aliphatic carbocycles. The van der Waals surface area contributed by atoms with E-state index >= 15 is 0 Å². The highest BCUT2D eigenvalue weighted by Gasteiger charge is 2.12. The van der Waals surface area contributed by atoms with E-state index in [1.54, 1.807) is 30.7 Å². The molecule has 0 unspecified atom stereocenters. The van der Waals surface area contributed by atoms with Gasteiger partial charge in [-0.25, -0.2) is 15.0 Å². The quantitative estimate of drug-likeness (QED) is 0.457. The number of ether oxygens (including phenoxy) is 1. The summed E-state index contributed by atoms with van der Waals surface area (Å²) in [6.45, 7) is -2.89. The number of alkyl halides is 2. The van der Waals surface area contributed by atoms with Crippen molar-refractivity contribution in [3.63, 3.8) is 0 Å². The fourth-order valence-corrected chi connectivity index (χ4v) is 2.97. The number of fused-ring (bicyclic) bond motifs is 1. The van der Waals surface area contributed by atoms with Crippen molar-refractivity contribution in [1.29, 1.82) is 0 Å². The molecule has 0 fully saturated rings. The van der Waals surface area contributed by atoms with Gasteiger partial charge >= 0.3 is 6.61 Å². The molecule has 2 aromatic heterocycles. The number of rotatable bonds is 5. The van der Waals surface area contributed by atoms with Crippen molar-refractivity contribution in [3.05, 3.63) is 65.5 Å². The topological polar surface area (TPSA) is 72.8 Å². The van der Waals surface area contributed by atoms with E-state index in [1.807, 2.05) is 18.2 Å². The number of halogens is 3. The lowest BCUT2D eigenvalue weighted by molar-refractivity contribution is -0.0497. The molecular weight excluding hydrogens is 432 g/mol. The second kappa shape index (κ2) is 7.81. The summed E-state index contributed by atoms with van der Waals surface area (Å²) in [5.41, 5.74) is 1.76. The Morgan fingerprint density at radius 1 is 1.04 bits per heavy atom. The van der Waals surface area contributed by atoms with Gasteiger partial charge in [-0.1, -0.05) is 22.0 Å². The molecule has 140 valence electrons. The van der Waals surface area contributed by atoms with Crippen molar-refractivity contribution in [2.75, 3.05) is 5.32 Å². The van der Waals surface area contributed by atoms with Crippen LogP contribution in [0.4, 0.5) is 20.3 Å². The zero-order valence-corrected chi connectivity index (χ0v) is 15.8. The van der Waals surface area contributed by atoms with E-state index in [-0.39, 0.29) is 5.75 Å². The van der Waals surface area contributed by atoms with Gasteiger partial charge in [0.05, 0.1) is 11.7 Å². The van der Waals surface area contributed by atoms with Crippen LogP contribution in [0, 0.1) is 0 Å². The molecular formula is C19H12BrF2N5O. The van der Waals surface area contributed by atoms with Gasteiger partial charge in [-0.05, 0) is 30.3 Å². The molecule has 0 aliphatic heterocycles. The molecule has 0 radical (unpaired) electrons. The number of hydrogen-bond donors (Lipinski definition) is 1. The van der Waals surface area contributed by atoms with E-state index < -0.39 is 6.61 Å². The third-order valence-electron chi connectivity index (χ3n) is 3.77. The molecule has 0 aliphatic rings. The highest BCUT2D eigenvalue weighted by molar-refractivity contribution is 9.10. The monoisotopic (exact) mass is 443 g/mol. The van der Waals surface area contributed by atoms with Gasteiger partial charge in [-0.2, -0.15) is 8.78 Å². The van der Waals surface area contributed by atoms with Gasteiger partial charge < -0.3 is 10.1 Å². The Balaban J connectivity index is 1.80. The van der Waals surface area contributed by atoms with Gasteiger partial charge in [0.15, 0.2) is 5.82 Å². The number of nitrogens with one attached hydrogen (secondary N) is 1. The minimum atomic E-state index is -2.89. The van der Waals surface area contributed by atoms with Crippen molar-refractivity contribution in [3.8, 4) is 17.3 Å². The minimum absolute atomic E-state index is 0.0497. The van der Waals surface area contributed by atoms with Crippen LogP contribution in [0.15, 0.2) is 65.5 Å². The number of anilines is 2. The predicted octanol–water partition coefficient (Wildman–Crippen LogP) is 5.19. The maximum atomic E-state index is 12.5.